The average Bonchev–Trinajstić information content (AvgIpc) is 3.36. The van der Waals surface area contributed by atoms with Gasteiger partial charge in [0.05, 0.1) is 15.5 Å². The molecular weight excluding hydrogens is 392 g/mol. The molecule has 148 valence electrons. The van der Waals surface area contributed by atoms with Crippen molar-refractivity contribution in [2.45, 2.75) is 26.8 Å². The van der Waals surface area contributed by atoms with Crippen molar-refractivity contribution < 1.29 is 4.92 Å². The Labute approximate surface area is 172 Å². The van der Waals surface area contributed by atoms with E-state index in [1.807, 2.05) is 6.07 Å². The first kappa shape index (κ1) is 20.4. The summed E-state index contributed by atoms with van der Waals surface area (Å²) in [4.78, 5) is 20.0. The van der Waals surface area contributed by atoms with Crippen molar-refractivity contribution in [1.82, 2.24) is 9.47 Å². The van der Waals surface area contributed by atoms with E-state index in [-0.39, 0.29) is 10.6 Å². The molecule has 0 fully saturated rings. The number of thiophene rings is 1. The Morgan fingerprint density at radius 1 is 1.14 bits per heavy atom. The molecule has 28 heavy (non-hydrogen) atoms. The summed E-state index contributed by atoms with van der Waals surface area (Å²) in [5.74, 6) is 0. The fourth-order valence-electron chi connectivity index (χ4n) is 3.07. The Bertz CT molecular complexity index is 972. The summed E-state index contributed by atoms with van der Waals surface area (Å²) in [6, 6.07) is 10.8. The molecule has 2 aromatic heterocycles. The second-order valence-corrected chi connectivity index (χ2v) is 8.05. The van der Waals surface area contributed by atoms with Crippen LogP contribution in [0.1, 0.15) is 20.3 Å². The number of rotatable bonds is 9. The van der Waals surface area contributed by atoms with Gasteiger partial charge in [-0.15, -0.1) is 22.7 Å². The van der Waals surface area contributed by atoms with Gasteiger partial charge in [-0.05, 0) is 43.6 Å². The summed E-state index contributed by atoms with van der Waals surface area (Å²) in [5, 5.41) is 15.5. The average molecular weight is 417 g/mol. The summed E-state index contributed by atoms with van der Waals surface area (Å²) >= 11 is 3.22. The summed E-state index contributed by atoms with van der Waals surface area (Å²) in [5.41, 5.74) is 1.55. The lowest BCUT2D eigenvalue weighted by Crippen LogP contribution is -2.26. The van der Waals surface area contributed by atoms with E-state index in [1.165, 1.54) is 22.3 Å². The minimum atomic E-state index is -0.378. The zero-order valence-corrected chi connectivity index (χ0v) is 17.7. The van der Waals surface area contributed by atoms with Gasteiger partial charge in [0, 0.05) is 18.0 Å². The molecule has 0 N–H and O–H groups in total. The van der Waals surface area contributed by atoms with E-state index < -0.39 is 0 Å². The second kappa shape index (κ2) is 9.77. The first-order valence-corrected chi connectivity index (χ1v) is 11.1. The summed E-state index contributed by atoms with van der Waals surface area (Å²) in [7, 11) is 0. The number of thiazole rings is 1. The lowest BCUT2D eigenvalue weighted by Gasteiger charge is -2.18. The van der Waals surface area contributed by atoms with Crippen LogP contribution in [0, 0.1) is 10.1 Å². The molecule has 8 heteroatoms. The molecule has 0 atom stereocenters. The Kier molecular flexibility index (Phi) is 7.13. The fraction of sp³-hybridized carbons (Fsp3) is 0.350. The molecule has 3 aromatic rings. The molecule has 0 amide bonds. The molecule has 2 heterocycles. The van der Waals surface area contributed by atoms with E-state index in [2.05, 4.69) is 45.1 Å². The topological polar surface area (TPSA) is 63.7 Å². The van der Waals surface area contributed by atoms with E-state index in [0.717, 1.165) is 43.1 Å². The molecule has 0 saturated heterocycles. The summed E-state index contributed by atoms with van der Waals surface area (Å²) in [6.45, 7) is 8.27. The van der Waals surface area contributed by atoms with Crippen LogP contribution in [0.25, 0.3) is 10.6 Å². The highest BCUT2D eigenvalue weighted by Crippen LogP contribution is 2.28. The van der Waals surface area contributed by atoms with Crippen LogP contribution in [0.2, 0.25) is 0 Å². The number of nitro groups is 1. The molecule has 6 nitrogen and oxygen atoms in total. The third-order valence-corrected chi connectivity index (χ3v) is 6.37. The van der Waals surface area contributed by atoms with Crippen molar-refractivity contribution in [1.29, 1.82) is 0 Å². The van der Waals surface area contributed by atoms with Gasteiger partial charge in [0.25, 0.3) is 5.69 Å². The molecule has 0 unspecified atom stereocenters. The monoisotopic (exact) mass is 416 g/mol. The maximum atomic E-state index is 11.3. The quantitative estimate of drug-likeness (QED) is 0.358. The zero-order valence-electron chi connectivity index (χ0n) is 16.1. The van der Waals surface area contributed by atoms with Crippen LogP contribution < -0.4 is 4.80 Å². The molecule has 1 aromatic carbocycles. The standard InChI is InChI=1S/C20H24N4O2S2/c1-3-22(4-2)12-8-13-23-18(19-11-7-14-27-19)15-28-20(23)21-16-9-5-6-10-17(16)24(25)26/h5-7,9-11,14-15H,3-4,8,12-13H2,1-2H3. The van der Waals surface area contributed by atoms with Gasteiger partial charge < -0.3 is 9.47 Å². The number of nitro benzene ring substituents is 1. The molecule has 0 radical (unpaired) electrons. The zero-order chi connectivity index (χ0) is 19.9. The number of hydrogen-bond acceptors (Lipinski definition) is 6. The molecular formula is C20H24N4O2S2. The van der Waals surface area contributed by atoms with E-state index in [0.29, 0.717) is 5.69 Å². The normalized spacial score (nSPS) is 12.0. The lowest BCUT2D eigenvalue weighted by molar-refractivity contribution is -0.384. The molecule has 3 rings (SSSR count). The summed E-state index contributed by atoms with van der Waals surface area (Å²) < 4.78 is 2.19. The number of nitrogens with zero attached hydrogens (tertiary/aromatic N) is 4. The highest BCUT2D eigenvalue weighted by molar-refractivity contribution is 7.14. The Hall–Kier alpha value is -2.29. The SMILES string of the molecule is CCN(CC)CCCn1c(-c2cccs2)csc1=Nc1ccccc1[N+](=O)[O-]. The van der Waals surface area contributed by atoms with E-state index in [4.69, 9.17) is 0 Å². The largest absolute Gasteiger partial charge is 0.316 e. The molecule has 0 spiro atoms. The smallest absolute Gasteiger partial charge is 0.294 e. The fourth-order valence-corrected chi connectivity index (χ4v) is 4.83. The van der Waals surface area contributed by atoms with Gasteiger partial charge in [-0.2, -0.15) is 0 Å². The van der Waals surface area contributed by atoms with Crippen molar-refractivity contribution in [3.63, 3.8) is 0 Å². The van der Waals surface area contributed by atoms with Crippen LogP contribution in [0.4, 0.5) is 11.4 Å². The van der Waals surface area contributed by atoms with Gasteiger partial charge >= 0.3 is 0 Å². The molecule has 0 bridgehead atoms. The number of aromatic nitrogens is 1. The molecule has 0 saturated carbocycles. The third-order valence-electron chi connectivity index (χ3n) is 4.62. The third kappa shape index (κ3) is 4.76. The van der Waals surface area contributed by atoms with Gasteiger partial charge in [-0.25, -0.2) is 4.99 Å². The van der Waals surface area contributed by atoms with Gasteiger partial charge in [-0.1, -0.05) is 32.0 Å². The van der Waals surface area contributed by atoms with Crippen molar-refractivity contribution in [3.8, 4) is 10.6 Å². The maximum Gasteiger partial charge on any atom is 0.294 e. The van der Waals surface area contributed by atoms with Crippen LogP contribution >= 0.6 is 22.7 Å². The van der Waals surface area contributed by atoms with Crippen molar-refractivity contribution >= 4 is 34.0 Å². The minimum absolute atomic E-state index is 0.0308. The highest BCUT2D eigenvalue weighted by atomic mass is 32.1. The van der Waals surface area contributed by atoms with Crippen molar-refractivity contribution in [3.05, 3.63) is 62.1 Å². The van der Waals surface area contributed by atoms with E-state index in [1.54, 1.807) is 29.5 Å². The Balaban J connectivity index is 1.99. The molecule has 0 aliphatic rings. The summed E-state index contributed by atoms with van der Waals surface area (Å²) in [6.07, 6.45) is 1.00. The van der Waals surface area contributed by atoms with Gasteiger partial charge in [0.15, 0.2) is 4.80 Å². The van der Waals surface area contributed by atoms with Crippen LogP contribution in [-0.2, 0) is 6.54 Å². The highest BCUT2D eigenvalue weighted by Gasteiger charge is 2.14. The molecule has 0 aliphatic heterocycles. The predicted molar refractivity (Wildman–Crippen MR) is 116 cm³/mol. The Morgan fingerprint density at radius 3 is 2.61 bits per heavy atom. The second-order valence-electron chi connectivity index (χ2n) is 6.27. The minimum Gasteiger partial charge on any atom is -0.316 e. The maximum absolute atomic E-state index is 11.3. The Morgan fingerprint density at radius 2 is 1.93 bits per heavy atom. The van der Waals surface area contributed by atoms with Crippen LogP contribution in [-0.4, -0.2) is 34.0 Å². The first-order valence-electron chi connectivity index (χ1n) is 9.36. The van der Waals surface area contributed by atoms with Crippen molar-refractivity contribution in [2.75, 3.05) is 19.6 Å². The van der Waals surface area contributed by atoms with E-state index >= 15 is 0 Å². The van der Waals surface area contributed by atoms with Gasteiger partial charge in [-0.3, -0.25) is 10.1 Å². The van der Waals surface area contributed by atoms with E-state index in [9.17, 15) is 10.1 Å². The van der Waals surface area contributed by atoms with Gasteiger partial charge in [0.2, 0.25) is 0 Å². The number of benzene rings is 1. The lowest BCUT2D eigenvalue weighted by atomic mass is 10.3. The first-order chi connectivity index (χ1) is 13.6. The van der Waals surface area contributed by atoms with Gasteiger partial charge in [0.1, 0.15) is 5.69 Å². The van der Waals surface area contributed by atoms with Crippen LogP contribution in [0.3, 0.4) is 0 Å². The van der Waals surface area contributed by atoms with Crippen molar-refractivity contribution in [2.24, 2.45) is 4.99 Å². The number of hydrogen-bond donors (Lipinski definition) is 0. The predicted octanol–water partition coefficient (Wildman–Crippen LogP) is 5.15. The van der Waals surface area contributed by atoms with Crippen LogP contribution in [0.15, 0.2) is 52.2 Å². The number of para-hydroxylation sites is 2. The molecule has 0 aliphatic carbocycles. The van der Waals surface area contributed by atoms with Crippen LogP contribution in [0.5, 0.6) is 0 Å².